The van der Waals surface area contributed by atoms with Gasteiger partial charge in [0.05, 0.1) is 10.4 Å². The highest BCUT2D eigenvalue weighted by Crippen LogP contribution is 2.25. The summed E-state index contributed by atoms with van der Waals surface area (Å²) in [6.07, 6.45) is 0. The van der Waals surface area contributed by atoms with Gasteiger partial charge in [-0.05, 0) is 48.7 Å². The van der Waals surface area contributed by atoms with Crippen LogP contribution in [0.25, 0.3) is 16.5 Å². The predicted octanol–water partition coefficient (Wildman–Crippen LogP) is 4.32. The van der Waals surface area contributed by atoms with Crippen LogP contribution in [0.5, 0.6) is 0 Å². The zero-order valence-electron chi connectivity index (χ0n) is 11.9. The molecule has 2 aromatic carbocycles. The molecule has 0 aliphatic carbocycles. The first kappa shape index (κ1) is 15.1. The highest BCUT2D eigenvalue weighted by atomic mass is 35.5. The van der Waals surface area contributed by atoms with Crippen molar-refractivity contribution in [3.05, 3.63) is 74.6 Å². The molecule has 0 spiro atoms. The summed E-state index contributed by atoms with van der Waals surface area (Å²) < 4.78 is 1.59. The van der Waals surface area contributed by atoms with Gasteiger partial charge in [0, 0.05) is 22.4 Å². The molecule has 1 heterocycles. The van der Waals surface area contributed by atoms with Crippen molar-refractivity contribution in [3.8, 4) is 5.69 Å². The summed E-state index contributed by atoms with van der Waals surface area (Å²) in [6.45, 7) is 1.84. The Bertz CT molecular complexity index is 899. The molecule has 2 N–H and O–H groups in total. The minimum absolute atomic E-state index is 0.183. The molecule has 0 bridgehead atoms. The zero-order chi connectivity index (χ0) is 15.9. The zero-order valence-corrected chi connectivity index (χ0v) is 13.4. The van der Waals surface area contributed by atoms with Gasteiger partial charge in [-0.1, -0.05) is 35.3 Å². The second-order valence-electron chi connectivity index (χ2n) is 5.18. The summed E-state index contributed by atoms with van der Waals surface area (Å²) in [7, 11) is 0. The number of nitrogens with two attached hydrogens (primary N) is 1. The summed E-state index contributed by atoms with van der Waals surface area (Å²) in [5.74, 6) is 0. The Morgan fingerprint density at radius 2 is 1.77 bits per heavy atom. The number of hydrogen-bond donors (Lipinski definition) is 1. The van der Waals surface area contributed by atoms with E-state index in [1.807, 2.05) is 25.1 Å². The smallest absolute Gasteiger partial charge is 0.264 e. The molecular formula is C17H14Cl2N2O. The van der Waals surface area contributed by atoms with E-state index in [0.29, 0.717) is 21.1 Å². The van der Waals surface area contributed by atoms with Gasteiger partial charge in [0.2, 0.25) is 0 Å². The van der Waals surface area contributed by atoms with Crippen molar-refractivity contribution in [1.82, 2.24) is 4.57 Å². The van der Waals surface area contributed by atoms with Crippen LogP contribution in [-0.2, 0) is 0 Å². The van der Waals surface area contributed by atoms with E-state index in [2.05, 4.69) is 0 Å². The van der Waals surface area contributed by atoms with E-state index in [-0.39, 0.29) is 11.6 Å². The van der Waals surface area contributed by atoms with Gasteiger partial charge < -0.3 is 5.73 Å². The Labute approximate surface area is 137 Å². The van der Waals surface area contributed by atoms with E-state index in [1.54, 1.807) is 34.9 Å². The van der Waals surface area contributed by atoms with E-state index >= 15 is 0 Å². The molecule has 3 aromatic rings. The number of aromatic nitrogens is 1. The maximum atomic E-state index is 12.9. The number of fused-ring (bicyclic) bond motifs is 1. The van der Waals surface area contributed by atoms with Gasteiger partial charge in [0.25, 0.3) is 5.56 Å². The van der Waals surface area contributed by atoms with E-state index in [9.17, 15) is 4.79 Å². The molecule has 3 rings (SSSR count). The van der Waals surface area contributed by atoms with Crippen LogP contribution < -0.4 is 11.3 Å². The molecule has 1 unspecified atom stereocenters. The number of rotatable bonds is 2. The second-order valence-corrected chi connectivity index (χ2v) is 6.02. The average molecular weight is 333 g/mol. The lowest BCUT2D eigenvalue weighted by atomic mass is 10.1. The third kappa shape index (κ3) is 2.52. The van der Waals surface area contributed by atoms with Gasteiger partial charge in [-0.2, -0.15) is 0 Å². The molecule has 0 aliphatic heterocycles. The second kappa shape index (κ2) is 5.76. The van der Waals surface area contributed by atoms with E-state index in [4.69, 9.17) is 28.9 Å². The highest BCUT2D eigenvalue weighted by Gasteiger charge is 2.15. The van der Waals surface area contributed by atoms with Crippen molar-refractivity contribution in [2.24, 2.45) is 5.73 Å². The maximum Gasteiger partial charge on any atom is 0.264 e. The summed E-state index contributed by atoms with van der Waals surface area (Å²) in [4.78, 5) is 12.9. The largest absolute Gasteiger partial charge is 0.323 e. The van der Waals surface area contributed by atoms with Gasteiger partial charge in [-0.25, -0.2) is 0 Å². The van der Waals surface area contributed by atoms with Gasteiger partial charge in [-0.15, -0.1) is 0 Å². The standard InChI is InChI=1S/C17H14Cl2N2O/c1-10(20)15-9-11-3-2-4-14(19)16(11)17(22)21(15)13-7-5-12(18)6-8-13/h2-10H,20H2,1H3. The molecule has 0 saturated heterocycles. The first-order chi connectivity index (χ1) is 10.5. The average Bonchev–Trinajstić information content (AvgIpc) is 2.48. The molecule has 22 heavy (non-hydrogen) atoms. The van der Waals surface area contributed by atoms with Gasteiger partial charge in [0.15, 0.2) is 0 Å². The first-order valence-electron chi connectivity index (χ1n) is 6.85. The summed E-state index contributed by atoms with van der Waals surface area (Å²) in [5.41, 5.74) is 7.31. The Kier molecular flexibility index (Phi) is 3.96. The van der Waals surface area contributed by atoms with Gasteiger partial charge in [-0.3, -0.25) is 9.36 Å². The van der Waals surface area contributed by atoms with Crippen LogP contribution in [0.15, 0.2) is 53.3 Å². The molecule has 0 fully saturated rings. The molecule has 0 saturated carbocycles. The highest BCUT2D eigenvalue weighted by molar-refractivity contribution is 6.35. The Morgan fingerprint density at radius 3 is 2.41 bits per heavy atom. The molecular weight excluding hydrogens is 319 g/mol. The van der Waals surface area contributed by atoms with Gasteiger partial charge in [0.1, 0.15) is 0 Å². The predicted molar refractivity (Wildman–Crippen MR) is 92.2 cm³/mol. The quantitative estimate of drug-likeness (QED) is 0.759. The number of halogens is 2. The van der Waals surface area contributed by atoms with Crippen molar-refractivity contribution < 1.29 is 0 Å². The number of benzene rings is 2. The molecule has 5 heteroatoms. The van der Waals surface area contributed by atoms with E-state index in [1.165, 1.54) is 0 Å². The van der Waals surface area contributed by atoms with Crippen molar-refractivity contribution in [2.45, 2.75) is 13.0 Å². The van der Waals surface area contributed by atoms with Crippen LogP contribution in [-0.4, -0.2) is 4.57 Å². The third-order valence-electron chi connectivity index (χ3n) is 3.58. The van der Waals surface area contributed by atoms with E-state index in [0.717, 1.165) is 11.1 Å². The Hall–Kier alpha value is -1.81. The topological polar surface area (TPSA) is 48.0 Å². The molecule has 0 radical (unpaired) electrons. The lowest BCUT2D eigenvalue weighted by Gasteiger charge is -2.17. The fraction of sp³-hybridized carbons (Fsp3) is 0.118. The molecule has 0 aliphatic rings. The molecule has 0 amide bonds. The van der Waals surface area contributed by atoms with Crippen molar-refractivity contribution in [1.29, 1.82) is 0 Å². The fourth-order valence-corrected chi connectivity index (χ4v) is 2.92. The van der Waals surface area contributed by atoms with Crippen LogP contribution >= 0.6 is 23.2 Å². The van der Waals surface area contributed by atoms with Crippen LogP contribution in [0, 0.1) is 0 Å². The van der Waals surface area contributed by atoms with Crippen LogP contribution in [0.1, 0.15) is 18.7 Å². The normalized spacial score (nSPS) is 12.5. The number of nitrogens with zero attached hydrogens (tertiary/aromatic N) is 1. The summed E-state index contributed by atoms with van der Waals surface area (Å²) >= 11 is 12.1. The van der Waals surface area contributed by atoms with E-state index < -0.39 is 0 Å². The van der Waals surface area contributed by atoms with Crippen molar-refractivity contribution in [2.75, 3.05) is 0 Å². The monoisotopic (exact) mass is 332 g/mol. The molecule has 3 nitrogen and oxygen atoms in total. The first-order valence-corrected chi connectivity index (χ1v) is 7.60. The Balaban J connectivity index is 2.43. The van der Waals surface area contributed by atoms with Crippen molar-refractivity contribution >= 4 is 34.0 Å². The van der Waals surface area contributed by atoms with Crippen LogP contribution in [0.3, 0.4) is 0 Å². The number of hydrogen-bond acceptors (Lipinski definition) is 2. The van der Waals surface area contributed by atoms with Crippen molar-refractivity contribution in [3.63, 3.8) is 0 Å². The summed E-state index contributed by atoms with van der Waals surface area (Å²) in [5, 5.41) is 2.32. The Morgan fingerprint density at radius 1 is 1.09 bits per heavy atom. The summed E-state index contributed by atoms with van der Waals surface area (Å²) in [6, 6.07) is 14.1. The lowest BCUT2D eigenvalue weighted by molar-refractivity contribution is 0.734. The minimum atomic E-state index is -0.299. The van der Waals surface area contributed by atoms with Crippen LogP contribution in [0.4, 0.5) is 0 Å². The molecule has 112 valence electrons. The number of pyridine rings is 1. The fourth-order valence-electron chi connectivity index (χ4n) is 2.53. The molecule has 1 aromatic heterocycles. The molecule has 1 atom stereocenters. The minimum Gasteiger partial charge on any atom is -0.323 e. The van der Waals surface area contributed by atoms with Gasteiger partial charge >= 0.3 is 0 Å². The van der Waals surface area contributed by atoms with Crippen LogP contribution in [0.2, 0.25) is 10.0 Å². The third-order valence-corrected chi connectivity index (χ3v) is 4.14. The maximum absolute atomic E-state index is 12.9. The SMILES string of the molecule is CC(N)c1cc2cccc(Cl)c2c(=O)n1-c1ccc(Cl)cc1. The lowest BCUT2D eigenvalue weighted by Crippen LogP contribution is -2.25.